The van der Waals surface area contributed by atoms with Gasteiger partial charge in [0.2, 0.25) is 0 Å². The maximum Gasteiger partial charge on any atom is 1.00 e. The molecule has 1 aliphatic carbocycles. The van der Waals surface area contributed by atoms with E-state index in [2.05, 4.69) is 31.9 Å². The molecule has 4 nitrogen and oxygen atoms in total. The number of hydrogen-bond acceptors (Lipinski definition) is 4. The van der Waals surface area contributed by atoms with E-state index in [1.807, 2.05) is 0 Å². The summed E-state index contributed by atoms with van der Waals surface area (Å²) in [5.41, 5.74) is 0. The van der Waals surface area contributed by atoms with Gasteiger partial charge in [0, 0.05) is 0 Å². The number of halogens is 2. The van der Waals surface area contributed by atoms with E-state index < -0.39 is 32.0 Å². The average molecular weight is 562 g/mol. The van der Waals surface area contributed by atoms with E-state index in [0.717, 1.165) is 0 Å². The Hall–Kier alpha value is 3.48. The molecule has 0 heterocycles. The fourth-order valence-electron chi connectivity index (χ4n) is 0.605. The smallest absolute Gasteiger partial charge is 0.869 e. The first kappa shape index (κ1) is 19.8. The van der Waals surface area contributed by atoms with Crippen LogP contribution in [0.4, 0.5) is 0 Å². The monoisotopic (exact) mass is 560 g/mol. The summed E-state index contributed by atoms with van der Waals surface area (Å²) in [6.45, 7) is 0. The van der Waals surface area contributed by atoms with Crippen LogP contribution in [0.2, 0.25) is 0 Å². The molecular weight excluding hydrogens is 562 g/mol. The van der Waals surface area contributed by atoms with E-state index in [-0.39, 0.29) is 138 Å². The molecule has 0 unspecified atom stereocenters. The fourth-order valence-corrected chi connectivity index (χ4v) is 1.33. The van der Waals surface area contributed by atoms with Crippen LogP contribution in [0.3, 0.4) is 0 Å². The van der Waals surface area contributed by atoms with Crippen LogP contribution in [0.5, 0.6) is 0 Å². The molecule has 8 heteroatoms. The third kappa shape index (κ3) is 4.30. The summed E-state index contributed by atoms with van der Waals surface area (Å²) in [5.74, 6) is -3.98. The number of carbonyl (C=O) groups is 2. The van der Waals surface area contributed by atoms with Gasteiger partial charge in [-0.25, -0.2) is 0 Å². The molecule has 14 heavy (non-hydrogen) atoms. The quantitative estimate of drug-likeness (QED) is 0.276. The van der Waals surface area contributed by atoms with Gasteiger partial charge in [-0.2, -0.15) is 0 Å². The summed E-state index contributed by atoms with van der Waals surface area (Å²) >= 11 is 5.14. The van der Waals surface area contributed by atoms with Crippen LogP contribution in [-0.4, -0.2) is 11.6 Å². The molecule has 0 aromatic carbocycles. The molecule has 1 rings (SSSR count). The van der Waals surface area contributed by atoms with Crippen LogP contribution in [0, 0.1) is 0 Å². The van der Waals surface area contributed by atoms with Gasteiger partial charge in [-0.05, 0) is 43.4 Å². The van der Waals surface area contributed by atoms with Crippen LogP contribution < -0.4 is 148 Å². The number of carbonyl (C=O) groups excluding carboxylic acids is 2. The Balaban J connectivity index is 0. The van der Waals surface area contributed by atoms with Crippen molar-refractivity contribution in [1.29, 1.82) is 0 Å². The SMILES string of the molecule is O=C1C([O-])=C(Br)C(=O)C([O-])=C1Br.[Cs+].[Cs+]. The van der Waals surface area contributed by atoms with Crippen molar-refractivity contribution in [2.24, 2.45) is 0 Å². The number of Topliss-reactive ketones (excluding diaryl/α,β-unsaturated/α-hetero) is 2. The van der Waals surface area contributed by atoms with Gasteiger partial charge < -0.3 is 10.2 Å². The molecule has 0 saturated carbocycles. The van der Waals surface area contributed by atoms with Crippen molar-refractivity contribution < 1.29 is 158 Å². The molecule has 0 aliphatic heterocycles. The maximum absolute atomic E-state index is 10.8. The van der Waals surface area contributed by atoms with Gasteiger partial charge in [-0.15, -0.1) is 0 Å². The van der Waals surface area contributed by atoms with Crippen LogP contribution in [0.1, 0.15) is 0 Å². The Labute approximate surface area is 214 Å². The van der Waals surface area contributed by atoms with Gasteiger partial charge in [-0.3, -0.25) is 9.59 Å². The Morgan fingerprint density at radius 1 is 0.786 bits per heavy atom. The van der Waals surface area contributed by atoms with Crippen LogP contribution in [0.15, 0.2) is 20.5 Å². The van der Waals surface area contributed by atoms with Gasteiger partial charge in [0.1, 0.15) is 0 Å². The first-order chi connectivity index (χ1) is 5.46. The van der Waals surface area contributed by atoms with Gasteiger partial charge in [0.15, 0.2) is 11.6 Å². The minimum Gasteiger partial charge on any atom is -0.869 e. The number of hydrogen-bond donors (Lipinski definition) is 0. The third-order valence-electron chi connectivity index (χ3n) is 1.21. The van der Waals surface area contributed by atoms with Crippen molar-refractivity contribution in [2.45, 2.75) is 0 Å². The van der Waals surface area contributed by atoms with Crippen molar-refractivity contribution in [1.82, 2.24) is 0 Å². The van der Waals surface area contributed by atoms with Crippen LogP contribution in [0.25, 0.3) is 0 Å². The number of rotatable bonds is 0. The van der Waals surface area contributed by atoms with E-state index in [1.54, 1.807) is 0 Å². The molecule has 0 atom stereocenters. The molecule has 1 aliphatic rings. The van der Waals surface area contributed by atoms with E-state index in [4.69, 9.17) is 0 Å². The van der Waals surface area contributed by atoms with E-state index >= 15 is 0 Å². The molecule has 64 valence electrons. The summed E-state index contributed by atoms with van der Waals surface area (Å²) in [6.07, 6.45) is 0. The largest absolute Gasteiger partial charge is 1.00 e. The second-order valence-corrected chi connectivity index (χ2v) is 3.53. The molecule has 0 amide bonds. The molecular formula is C6Br2Cs2O4. The van der Waals surface area contributed by atoms with E-state index in [0.29, 0.717) is 0 Å². The van der Waals surface area contributed by atoms with Gasteiger partial charge in [-0.1, -0.05) is 0 Å². The summed E-state index contributed by atoms with van der Waals surface area (Å²) in [6, 6.07) is 0. The molecule has 0 N–H and O–H groups in total. The molecule has 0 bridgehead atoms. The number of allylic oxidation sites excluding steroid dienone is 2. The Morgan fingerprint density at radius 3 is 1.21 bits per heavy atom. The van der Waals surface area contributed by atoms with Crippen molar-refractivity contribution in [3.05, 3.63) is 20.5 Å². The third-order valence-corrected chi connectivity index (χ3v) is 2.65. The normalized spacial score (nSPS) is 16.4. The molecule has 0 saturated heterocycles. The summed E-state index contributed by atoms with van der Waals surface area (Å²) < 4.78 is -0.999. The number of ketones is 2. The molecule has 0 aromatic rings. The average Bonchev–Trinajstić information content (AvgIpc) is 2.08. The van der Waals surface area contributed by atoms with Crippen LogP contribution >= 0.6 is 31.9 Å². The zero-order valence-electron chi connectivity index (χ0n) is 7.39. The van der Waals surface area contributed by atoms with Gasteiger partial charge in [0.05, 0.1) is 8.96 Å². The predicted molar refractivity (Wildman–Crippen MR) is 41.9 cm³/mol. The minimum atomic E-state index is -0.994. The fraction of sp³-hybridized carbons (Fsp3) is 0. The van der Waals surface area contributed by atoms with Gasteiger partial charge >= 0.3 is 138 Å². The van der Waals surface area contributed by atoms with Crippen molar-refractivity contribution in [2.75, 3.05) is 0 Å². The summed E-state index contributed by atoms with van der Waals surface area (Å²) in [7, 11) is 0. The Morgan fingerprint density at radius 2 is 1.00 bits per heavy atom. The van der Waals surface area contributed by atoms with Crippen molar-refractivity contribution >= 4 is 43.4 Å². The molecule has 0 spiro atoms. The first-order valence-corrected chi connectivity index (χ1v) is 4.28. The standard InChI is InChI=1S/C6H2Br2O4.2Cs/c7-1-3(9)5(11)2(8)6(12)4(1)10;;/h9,12H;;/q;2*+1/p-2. The second kappa shape index (κ2) is 8.56. The Bertz CT molecular complexity index is 286. The second-order valence-electron chi connectivity index (χ2n) is 1.94. The minimum absolute atomic E-state index is 0. The summed E-state index contributed by atoms with van der Waals surface area (Å²) in [4.78, 5) is 21.7. The topological polar surface area (TPSA) is 80.3 Å². The summed E-state index contributed by atoms with van der Waals surface area (Å²) in [5, 5.41) is 21.7. The van der Waals surface area contributed by atoms with E-state index in [1.165, 1.54) is 0 Å². The zero-order valence-corrected chi connectivity index (χ0v) is 23.1. The van der Waals surface area contributed by atoms with Gasteiger partial charge in [0.25, 0.3) is 0 Å². The molecule has 0 aromatic heterocycles. The zero-order chi connectivity index (χ0) is 9.46. The Kier molecular flexibility index (Phi) is 12.1. The van der Waals surface area contributed by atoms with E-state index in [9.17, 15) is 19.8 Å². The maximum atomic E-state index is 10.8. The van der Waals surface area contributed by atoms with Crippen LogP contribution in [-0.2, 0) is 9.59 Å². The predicted octanol–water partition coefficient (Wildman–Crippen LogP) is -6.92. The molecule has 0 fully saturated rings. The van der Waals surface area contributed by atoms with Crippen molar-refractivity contribution in [3.63, 3.8) is 0 Å². The van der Waals surface area contributed by atoms with Crippen molar-refractivity contribution in [3.8, 4) is 0 Å². The first-order valence-electron chi connectivity index (χ1n) is 2.69. The molecule has 0 radical (unpaired) electrons.